The number of hydrogen-bond donors (Lipinski definition) is 2. The molecule has 1 aliphatic heterocycles. The second-order valence-electron chi connectivity index (χ2n) is 8.19. The van der Waals surface area contributed by atoms with Crippen LogP contribution in [0.1, 0.15) is 37.0 Å². The zero-order valence-electron chi connectivity index (χ0n) is 20.0. The van der Waals surface area contributed by atoms with Crippen LogP contribution in [0.3, 0.4) is 0 Å². The minimum absolute atomic E-state index is 0.106. The number of amides is 2. The first-order chi connectivity index (χ1) is 16.2. The summed E-state index contributed by atoms with van der Waals surface area (Å²) < 4.78 is 32.7. The molecule has 2 aromatic rings. The first kappa shape index (κ1) is 25.7. The van der Waals surface area contributed by atoms with E-state index >= 15 is 0 Å². The van der Waals surface area contributed by atoms with Crippen molar-refractivity contribution < 1.29 is 22.7 Å². The lowest BCUT2D eigenvalue weighted by molar-refractivity contribution is -0.124. The van der Waals surface area contributed by atoms with Gasteiger partial charge in [0, 0.05) is 45.0 Å². The average Bonchev–Trinajstić information content (AvgIpc) is 3.35. The first-order valence-electron chi connectivity index (χ1n) is 11.3. The Morgan fingerprint density at radius 3 is 2.41 bits per heavy atom. The summed E-state index contributed by atoms with van der Waals surface area (Å²) in [6.07, 6.45) is 1.04. The van der Waals surface area contributed by atoms with Gasteiger partial charge in [0.05, 0.1) is 16.3 Å². The number of carbonyl (C=O) groups is 2. The van der Waals surface area contributed by atoms with E-state index < -0.39 is 22.0 Å². The minimum atomic E-state index is -3.69. The maximum absolute atomic E-state index is 13.1. The Morgan fingerprint density at radius 2 is 1.79 bits per heavy atom. The zero-order chi connectivity index (χ0) is 24.9. The van der Waals surface area contributed by atoms with Crippen LogP contribution in [0.2, 0.25) is 0 Å². The van der Waals surface area contributed by atoms with Crippen molar-refractivity contribution in [2.24, 2.45) is 0 Å². The summed E-state index contributed by atoms with van der Waals surface area (Å²) in [5.74, 6) is -0.659. The smallest absolute Gasteiger partial charge is 0.255 e. The quantitative estimate of drug-likeness (QED) is 0.561. The van der Waals surface area contributed by atoms with E-state index in [0.29, 0.717) is 48.7 Å². The SMILES string of the molecule is CCN(CC)S(=O)(=O)c1ccc(N(C)C)c(NC(=O)c2cccc(NC(=O)[C@@H]3CCCO3)c2)c1. The monoisotopic (exact) mass is 488 g/mol. The molecule has 0 aliphatic carbocycles. The number of rotatable bonds is 9. The van der Waals surface area contributed by atoms with E-state index in [1.54, 1.807) is 55.1 Å². The van der Waals surface area contributed by atoms with E-state index in [1.807, 2.05) is 14.1 Å². The van der Waals surface area contributed by atoms with Gasteiger partial charge in [-0.3, -0.25) is 9.59 Å². The van der Waals surface area contributed by atoms with Crippen molar-refractivity contribution in [3.05, 3.63) is 48.0 Å². The summed E-state index contributed by atoms with van der Waals surface area (Å²) in [6, 6.07) is 11.3. The standard InChI is InChI=1S/C24H32N4O5S/c1-5-28(6-2)34(31,32)19-12-13-21(27(3)4)20(16-19)26-23(29)17-9-7-10-18(15-17)25-24(30)22-11-8-14-33-22/h7,9-10,12-13,15-16,22H,5-6,8,11,14H2,1-4H3,(H,25,30)(H,26,29)/t22-/m0/s1. The fraction of sp³-hybridized carbons (Fsp3) is 0.417. The molecule has 0 aromatic heterocycles. The number of hydrogen-bond acceptors (Lipinski definition) is 6. The highest BCUT2D eigenvalue weighted by Gasteiger charge is 2.25. The molecule has 1 heterocycles. The Balaban J connectivity index is 1.85. The molecular weight excluding hydrogens is 456 g/mol. The molecule has 2 N–H and O–H groups in total. The van der Waals surface area contributed by atoms with E-state index in [2.05, 4.69) is 10.6 Å². The zero-order valence-corrected chi connectivity index (χ0v) is 20.8. The molecule has 2 amide bonds. The predicted molar refractivity (Wildman–Crippen MR) is 133 cm³/mol. The lowest BCUT2D eigenvalue weighted by atomic mass is 10.1. The Labute approximate surface area is 201 Å². The molecule has 0 unspecified atom stereocenters. The highest BCUT2D eigenvalue weighted by molar-refractivity contribution is 7.89. The first-order valence-corrected chi connectivity index (χ1v) is 12.8. The largest absolute Gasteiger partial charge is 0.376 e. The Hall–Kier alpha value is -2.95. The molecule has 3 rings (SSSR count). The predicted octanol–water partition coefficient (Wildman–Crippen LogP) is 3.15. The van der Waals surface area contributed by atoms with Crippen LogP contribution in [0.15, 0.2) is 47.4 Å². The Morgan fingerprint density at radius 1 is 1.06 bits per heavy atom. The third kappa shape index (κ3) is 5.75. The number of nitrogens with zero attached hydrogens (tertiary/aromatic N) is 2. The van der Waals surface area contributed by atoms with E-state index in [9.17, 15) is 18.0 Å². The average molecular weight is 489 g/mol. The van der Waals surface area contributed by atoms with Gasteiger partial charge in [-0.2, -0.15) is 4.31 Å². The van der Waals surface area contributed by atoms with Gasteiger partial charge in [-0.25, -0.2) is 8.42 Å². The summed E-state index contributed by atoms with van der Waals surface area (Å²) >= 11 is 0. The topological polar surface area (TPSA) is 108 Å². The lowest BCUT2D eigenvalue weighted by Crippen LogP contribution is -2.30. The van der Waals surface area contributed by atoms with Crippen LogP contribution in [0.5, 0.6) is 0 Å². The van der Waals surface area contributed by atoms with Crippen molar-refractivity contribution >= 4 is 38.9 Å². The van der Waals surface area contributed by atoms with E-state index in [-0.39, 0.29) is 10.8 Å². The second kappa shape index (κ2) is 11.0. The summed E-state index contributed by atoms with van der Waals surface area (Å²) in [5.41, 5.74) is 1.84. The van der Waals surface area contributed by atoms with Crippen LogP contribution in [-0.4, -0.2) is 64.4 Å². The van der Waals surface area contributed by atoms with Gasteiger partial charge in [0.25, 0.3) is 11.8 Å². The number of nitrogens with one attached hydrogen (secondary N) is 2. The number of sulfonamides is 1. The van der Waals surface area contributed by atoms with Crippen molar-refractivity contribution in [2.75, 3.05) is 49.3 Å². The minimum Gasteiger partial charge on any atom is -0.376 e. The third-order valence-corrected chi connectivity index (χ3v) is 7.70. The third-order valence-electron chi connectivity index (χ3n) is 5.66. The molecule has 184 valence electrons. The highest BCUT2D eigenvalue weighted by Crippen LogP contribution is 2.30. The fourth-order valence-corrected chi connectivity index (χ4v) is 5.30. The fourth-order valence-electron chi connectivity index (χ4n) is 3.82. The van der Waals surface area contributed by atoms with Crippen molar-refractivity contribution in [2.45, 2.75) is 37.7 Å². The van der Waals surface area contributed by atoms with Crippen molar-refractivity contribution in [1.29, 1.82) is 0 Å². The molecule has 1 fully saturated rings. The van der Waals surface area contributed by atoms with Crippen LogP contribution >= 0.6 is 0 Å². The molecule has 0 bridgehead atoms. The molecule has 1 aliphatic rings. The van der Waals surface area contributed by atoms with E-state index in [4.69, 9.17) is 4.74 Å². The van der Waals surface area contributed by atoms with Crippen LogP contribution in [0.25, 0.3) is 0 Å². The molecular formula is C24H32N4O5S. The Kier molecular flexibility index (Phi) is 8.29. The van der Waals surface area contributed by atoms with Gasteiger partial charge in [0.2, 0.25) is 10.0 Å². The lowest BCUT2D eigenvalue weighted by Gasteiger charge is -2.22. The molecule has 0 radical (unpaired) electrons. The number of benzene rings is 2. The van der Waals surface area contributed by atoms with Crippen LogP contribution in [0, 0.1) is 0 Å². The summed E-state index contributed by atoms with van der Waals surface area (Å²) in [5, 5.41) is 5.62. The molecule has 2 aromatic carbocycles. The van der Waals surface area contributed by atoms with Crippen molar-refractivity contribution in [3.8, 4) is 0 Å². The van der Waals surface area contributed by atoms with Gasteiger partial charge in [-0.05, 0) is 49.2 Å². The molecule has 10 heteroatoms. The second-order valence-corrected chi connectivity index (χ2v) is 10.1. The van der Waals surface area contributed by atoms with Gasteiger partial charge in [-0.15, -0.1) is 0 Å². The van der Waals surface area contributed by atoms with Gasteiger partial charge < -0.3 is 20.3 Å². The Bertz CT molecular complexity index is 1140. The molecule has 9 nitrogen and oxygen atoms in total. The molecule has 0 saturated carbocycles. The number of carbonyl (C=O) groups excluding carboxylic acids is 2. The summed E-state index contributed by atoms with van der Waals surface area (Å²) in [4.78, 5) is 27.3. The van der Waals surface area contributed by atoms with Crippen molar-refractivity contribution in [1.82, 2.24) is 4.31 Å². The van der Waals surface area contributed by atoms with Gasteiger partial charge in [0.1, 0.15) is 6.10 Å². The molecule has 34 heavy (non-hydrogen) atoms. The van der Waals surface area contributed by atoms with Gasteiger partial charge in [0.15, 0.2) is 0 Å². The molecule has 1 saturated heterocycles. The van der Waals surface area contributed by atoms with Gasteiger partial charge in [-0.1, -0.05) is 19.9 Å². The van der Waals surface area contributed by atoms with E-state index in [0.717, 1.165) is 6.42 Å². The van der Waals surface area contributed by atoms with Crippen LogP contribution in [0.4, 0.5) is 17.1 Å². The molecule has 1 atom stereocenters. The van der Waals surface area contributed by atoms with Crippen LogP contribution < -0.4 is 15.5 Å². The van der Waals surface area contributed by atoms with Crippen molar-refractivity contribution in [3.63, 3.8) is 0 Å². The van der Waals surface area contributed by atoms with Crippen LogP contribution in [-0.2, 0) is 19.6 Å². The van der Waals surface area contributed by atoms with Gasteiger partial charge >= 0.3 is 0 Å². The summed E-state index contributed by atoms with van der Waals surface area (Å²) in [7, 11) is -0.0702. The number of ether oxygens (including phenoxy) is 1. The normalized spacial score (nSPS) is 15.9. The van der Waals surface area contributed by atoms with E-state index in [1.165, 1.54) is 10.4 Å². The molecule has 0 spiro atoms. The maximum atomic E-state index is 13.1. The summed E-state index contributed by atoms with van der Waals surface area (Å²) in [6.45, 7) is 4.82. The highest BCUT2D eigenvalue weighted by atomic mass is 32.2. The maximum Gasteiger partial charge on any atom is 0.255 e. The number of anilines is 3.